The summed E-state index contributed by atoms with van der Waals surface area (Å²) in [6.45, 7) is 4.70. The number of nitrogens with zero attached hydrogens (tertiary/aromatic N) is 5. The Morgan fingerprint density at radius 2 is 1.85 bits per heavy atom. The highest BCUT2D eigenvalue weighted by molar-refractivity contribution is 5.71. The fourth-order valence-electron chi connectivity index (χ4n) is 3.94. The first kappa shape index (κ1) is 20.6. The zero-order valence-corrected chi connectivity index (χ0v) is 18.8. The van der Waals surface area contributed by atoms with E-state index in [4.69, 9.17) is 9.72 Å². The molecule has 4 heterocycles. The third-order valence-electron chi connectivity index (χ3n) is 5.54. The van der Waals surface area contributed by atoms with Crippen LogP contribution >= 0.6 is 0 Å². The van der Waals surface area contributed by atoms with Gasteiger partial charge in [0.05, 0.1) is 24.7 Å². The lowest BCUT2D eigenvalue weighted by atomic mass is 10.1. The summed E-state index contributed by atoms with van der Waals surface area (Å²) in [5.74, 6) is 1.53. The Kier molecular flexibility index (Phi) is 5.44. The number of aromatic nitrogens is 5. The number of methoxy groups -OCH3 is 1. The van der Waals surface area contributed by atoms with Gasteiger partial charge in [0.15, 0.2) is 11.5 Å². The molecule has 4 aromatic heterocycles. The Labute approximate surface area is 192 Å². The van der Waals surface area contributed by atoms with Crippen LogP contribution < -0.4 is 10.1 Å². The van der Waals surface area contributed by atoms with E-state index in [1.165, 1.54) is 0 Å². The second kappa shape index (κ2) is 8.70. The van der Waals surface area contributed by atoms with Gasteiger partial charge in [-0.25, -0.2) is 9.97 Å². The van der Waals surface area contributed by atoms with Crippen molar-refractivity contribution in [3.63, 3.8) is 0 Å². The molecule has 0 aliphatic carbocycles. The molecule has 0 aliphatic rings. The second-order valence-electron chi connectivity index (χ2n) is 7.96. The molecule has 0 bridgehead atoms. The van der Waals surface area contributed by atoms with Gasteiger partial charge < -0.3 is 10.1 Å². The number of aryl methyl sites for hydroxylation is 2. The molecule has 33 heavy (non-hydrogen) atoms. The van der Waals surface area contributed by atoms with E-state index in [9.17, 15) is 0 Å². The average molecular weight is 437 g/mol. The smallest absolute Gasteiger partial charge is 0.180 e. The van der Waals surface area contributed by atoms with E-state index in [2.05, 4.69) is 39.3 Å². The number of rotatable bonds is 6. The van der Waals surface area contributed by atoms with Gasteiger partial charge in [-0.2, -0.15) is 0 Å². The first-order valence-corrected chi connectivity index (χ1v) is 10.7. The fourth-order valence-corrected chi connectivity index (χ4v) is 3.94. The van der Waals surface area contributed by atoms with Gasteiger partial charge in [-0.1, -0.05) is 18.2 Å². The molecule has 164 valence electrons. The van der Waals surface area contributed by atoms with Crippen molar-refractivity contribution >= 4 is 11.5 Å². The van der Waals surface area contributed by atoms with Crippen molar-refractivity contribution in [3.8, 4) is 28.3 Å². The quantitative estimate of drug-likeness (QED) is 0.399. The molecule has 0 atom stereocenters. The summed E-state index contributed by atoms with van der Waals surface area (Å²) in [5, 5.41) is 3.42. The number of pyridine rings is 2. The maximum Gasteiger partial charge on any atom is 0.180 e. The van der Waals surface area contributed by atoms with Crippen molar-refractivity contribution in [2.24, 2.45) is 0 Å². The lowest BCUT2D eigenvalue weighted by Crippen LogP contribution is -2.05. The Hall–Kier alpha value is -4.26. The van der Waals surface area contributed by atoms with Gasteiger partial charge in [-0.05, 0) is 48.7 Å². The van der Waals surface area contributed by atoms with E-state index in [0.717, 1.165) is 56.4 Å². The molecule has 0 aliphatic heterocycles. The number of hydrogen-bond acceptors (Lipinski definition) is 6. The van der Waals surface area contributed by atoms with E-state index >= 15 is 0 Å². The van der Waals surface area contributed by atoms with Crippen LogP contribution in [0.3, 0.4) is 0 Å². The summed E-state index contributed by atoms with van der Waals surface area (Å²) in [5.41, 5.74) is 8.04. The molecule has 1 aromatic carbocycles. The van der Waals surface area contributed by atoms with Gasteiger partial charge in [-0.15, -0.1) is 0 Å². The summed E-state index contributed by atoms with van der Waals surface area (Å²) in [6, 6.07) is 12.2. The molecule has 0 amide bonds. The predicted octanol–water partition coefficient (Wildman–Crippen LogP) is 5.09. The minimum atomic E-state index is 0.591. The Balaban J connectivity index is 1.39. The number of benzene rings is 1. The predicted molar refractivity (Wildman–Crippen MR) is 129 cm³/mol. The lowest BCUT2D eigenvalue weighted by molar-refractivity contribution is 0.415. The van der Waals surface area contributed by atoms with E-state index in [0.29, 0.717) is 6.54 Å². The zero-order chi connectivity index (χ0) is 22.8. The number of nitrogens with one attached hydrogen (secondary N) is 1. The molecule has 0 radical (unpaired) electrons. The lowest BCUT2D eigenvalue weighted by Gasteiger charge is -2.10. The molecule has 0 fully saturated rings. The van der Waals surface area contributed by atoms with Crippen molar-refractivity contribution in [1.82, 2.24) is 24.3 Å². The number of fused-ring (bicyclic) bond motifs is 1. The monoisotopic (exact) mass is 436 g/mol. The number of hydrogen-bond donors (Lipinski definition) is 1. The fraction of sp³-hybridized carbons (Fsp3) is 0.154. The average Bonchev–Trinajstić information content (AvgIpc) is 3.28. The van der Waals surface area contributed by atoms with Crippen LogP contribution in [0.15, 0.2) is 73.6 Å². The summed E-state index contributed by atoms with van der Waals surface area (Å²) in [7, 11) is 1.67. The first-order chi connectivity index (χ1) is 16.1. The molecule has 0 unspecified atom stereocenters. The molecule has 5 aromatic rings. The maximum absolute atomic E-state index is 5.36. The Bertz CT molecular complexity index is 1440. The molecule has 0 saturated heterocycles. The summed E-state index contributed by atoms with van der Waals surface area (Å²) < 4.78 is 7.39. The highest BCUT2D eigenvalue weighted by Gasteiger charge is 2.12. The topological polar surface area (TPSA) is 77.2 Å². The van der Waals surface area contributed by atoms with Gasteiger partial charge in [0.25, 0.3) is 0 Å². The zero-order valence-electron chi connectivity index (χ0n) is 18.8. The number of ether oxygens (including phenoxy) is 1. The number of imidazole rings is 1. The molecule has 7 heteroatoms. The van der Waals surface area contributed by atoms with Gasteiger partial charge >= 0.3 is 0 Å². The van der Waals surface area contributed by atoms with Crippen molar-refractivity contribution in [2.75, 3.05) is 12.4 Å². The minimum Gasteiger partial charge on any atom is -0.497 e. The summed E-state index contributed by atoms with van der Waals surface area (Å²) in [4.78, 5) is 18.1. The first-order valence-electron chi connectivity index (χ1n) is 10.7. The number of anilines is 1. The van der Waals surface area contributed by atoms with Crippen LogP contribution in [0.2, 0.25) is 0 Å². The van der Waals surface area contributed by atoms with Crippen molar-refractivity contribution in [3.05, 3.63) is 90.3 Å². The van der Waals surface area contributed by atoms with Crippen LogP contribution in [-0.2, 0) is 6.54 Å². The van der Waals surface area contributed by atoms with Crippen molar-refractivity contribution < 1.29 is 4.74 Å². The van der Waals surface area contributed by atoms with E-state index in [1.807, 2.05) is 66.6 Å². The Morgan fingerprint density at radius 3 is 2.67 bits per heavy atom. The summed E-state index contributed by atoms with van der Waals surface area (Å²) >= 11 is 0. The molecular formula is C26H24N6O. The molecule has 0 spiro atoms. The van der Waals surface area contributed by atoms with Crippen molar-refractivity contribution in [1.29, 1.82) is 0 Å². The SMILES string of the molecule is COc1cccc(-c2cnc3c(NCc4cnc(-c5cncc(C)c5)c(C)c4)nccn23)c1. The summed E-state index contributed by atoms with van der Waals surface area (Å²) in [6.07, 6.45) is 11.1. The normalized spacial score (nSPS) is 11.0. The van der Waals surface area contributed by atoms with Gasteiger partial charge in [-0.3, -0.25) is 14.4 Å². The third kappa shape index (κ3) is 4.13. The second-order valence-corrected chi connectivity index (χ2v) is 7.96. The maximum atomic E-state index is 5.36. The Morgan fingerprint density at radius 1 is 0.939 bits per heavy atom. The molecule has 1 N–H and O–H groups in total. The molecular weight excluding hydrogens is 412 g/mol. The van der Waals surface area contributed by atoms with Gasteiger partial charge in [0.2, 0.25) is 0 Å². The third-order valence-corrected chi connectivity index (χ3v) is 5.54. The van der Waals surface area contributed by atoms with Crippen LogP contribution in [0.5, 0.6) is 5.75 Å². The highest BCUT2D eigenvalue weighted by Crippen LogP contribution is 2.27. The van der Waals surface area contributed by atoms with Crippen LogP contribution in [-0.4, -0.2) is 31.4 Å². The van der Waals surface area contributed by atoms with Crippen molar-refractivity contribution in [2.45, 2.75) is 20.4 Å². The van der Waals surface area contributed by atoms with Gasteiger partial charge in [0.1, 0.15) is 5.75 Å². The molecule has 7 nitrogen and oxygen atoms in total. The van der Waals surface area contributed by atoms with Crippen LogP contribution in [0, 0.1) is 13.8 Å². The molecule has 5 rings (SSSR count). The van der Waals surface area contributed by atoms with Crippen LogP contribution in [0.1, 0.15) is 16.7 Å². The standard InChI is InChI=1S/C26H24N6O/c1-17-9-21(15-27-12-17)24-18(2)10-19(13-29-24)14-30-25-26-31-16-23(32(26)8-7-28-25)20-5-4-6-22(11-20)33-3/h4-13,15-16H,14H2,1-3H3,(H,28,30). The highest BCUT2D eigenvalue weighted by atomic mass is 16.5. The largest absolute Gasteiger partial charge is 0.497 e. The van der Waals surface area contributed by atoms with E-state index < -0.39 is 0 Å². The molecule has 0 saturated carbocycles. The van der Waals surface area contributed by atoms with E-state index in [1.54, 1.807) is 13.3 Å². The van der Waals surface area contributed by atoms with E-state index in [-0.39, 0.29) is 0 Å². The van der Waals surface area contributed by atoms with Crippen LogP contribution in [0.4, 0.5) is 5.82 Å². The van der Waals surface area contributed by atoms with Gasteiger partial charge in [0, 0.05) is 48.7 Å². The van der Waals surface area contributed by atoms with Crippen LogP contribution in [0.25, 0.3) is 28.2 Å². The minimum absolute atomic E-state index is 0.591.